The van der Waals surface area contributed by atoms with Gasteiger partial charge in [0, 0.05) is 0 Å². The van der Waals surface area contributed by atoms with Crippen LogP contribution in [-0.2, 0) is 4.79 Å². The zero-order chi connectivity index (χ0) is 5.98. The van der Waals surface area contributed by atoms with Crippen molar-refractivity contribution in [1.82, 2.24) is 5.32 Å². The molecule has 0 aliphatic carbocycles. The molecule has 1 amide bonds. The van der Waals surface area contributed by atoms with Crippen molar-refractivity contribution >= 4 is 28.4 Å². The predicted molar refractivity (Wildman–Crippen MR) is 31.5 cm³/mol. The fourth-order valence-electron chi connectivity index (χ4n) is 0.675. The third-order valence-electron chi connectivity index (χ3n) is 1.15. The van der Waals surface area contributed by atoms with E-state index in [1.54, 1.807) is 0 Å². The molecule has 1 rings (SSSR count). The quantitative estimate of drug-likeness (QED) is 0.430. The first-order valence-corrected chi connectivity index (χ1v) is 4.14. The number of carbonyl (C=O) groups excluding carboxylic acids is 1. The Balaban J connectivity index is 2.69. The van der Waals surface area contributed by atoms with Crippen LogP contribution in [0.4, 0.5) is 0 Å². The fourth-order valence-corrected chi connectivity index (χ4v) is 1.46. The van der Waals surface area contributed by atoms with Crippen molar-refractivity contribution in [2.75, 3.05) is 6.54 Å². The number of hydrogen-bond acceptors (Lipinski definition) is 1. The second-order valence-electron chi connectivity index (χ2n) is 1.68. The molecule has 0 aromatic rings. The molecule has 3 heteroatoms. The van der Waals surface area contributed by atoms with Gasteiger partial charge in [-0.15, -0.1) is 0 Å². The molecule has 1 heterocycles. The van der Waals surface area contributed by atoms with Gasteiger partial charge in [0.05, 0.1) is 0 Å². The molecule has 0 unspecified atom stereocenters. The molecule has 0 saturated carbocycles. The standard InChI is InChI=1S/C5H6NO.Sn/c1-4-2-3-6-5(4)7;/h1H,2-3H2,(H,6,7);. The third kappa shape index (κ3) is 1.05. The van der Waals surface area contributed by atoms with E-state index in [9.17, 15) is 4.79 Å². The number of carbonyl (C=O) groups is 1. The minimum atomic E-state index is 0.127. The van der Waals surface area contributed by atoms with E-state index in [4.69, 9.17) is 0 Å². The summed E-state index contributed by atoms with van der Waals surface area (Å²) in [5.74, 6) is 0.127. The van der Waals surface area contributed by atoms with Crippen LogP contribution >= 0.6 is 0 Å². The van der Waals surface area contributed by atoms with Crippen molar-refractivity contribution in [2.45, 2.75) is 6.42 Å². The van der Waals surface area contributed by atoms with Crippen LogP contribution < -0.4 is 5.32 Å². The number of hydrogen-bond donors (Lipinski definition) is 1. The molecule has 1 aliphatic heterocycles. The van der Waals surface area contributed by atoms with Gasteiger partial charge in [-0.05, 0) is 0 Å². The van der Waals surface area contributed by atoms with Crippen LogP contribution in [0.25, 0.3) is 0 Å². The van der Waals surface area contributed by atoms with Crippen LogP contribution in [-0.4, -0.2) is 35.0 Å². The first-order valence-electron chi connectivity index (χ1n) is 2.49. The Morgan fingerprint density at radius 3 is 2.75 bits per heavy atom. The van der Waals surface area contributed by atoms with E-state index >= 15 is 0 Å². The average Bonchev–Trinajstić information content (AvgIpc) is 2.14. The van der Waals surface area contributed by atoms with Crippen LogP contribution in [0.3, 0.4) is 0 Å². The number of amides is 1. The summed E-state index contributed by atoms with van der Waals surface area (Å²) < 4.78 is 1.95. The van der Waals surface area contributed by atoms with E-state index in [-0.39, 0.29) is 5.91 Å². The molecule has 0 atom stereocenters. The van der Waals surface area contributed by atoms with Crippen LogP contribution in [0.15, 0.2) is 9.67 Å². The molecule has 2 nitrogen and oxygen atoms in total. The first kappa shape index (κ1) is 6.13. The summed E-state index contributed by atoms with van der Waals surface area (Å²) in [5.41, 5.74) is 0.961. The summed E-state index contributed by atoms with van der Waals surface area (Å²) in [6.07, 6.45) is 0.921. The predicted octanol–water partition coefficient (Wildman–Crippen LogP) is -0.441. The van der Waals surface area contributed by atoms with Crippen LogP contribution in [0.1, 0.15) is 6.42 Å². The van der Waals surface area contributed by atoms with Crippen molar-refractivity contribution in [1.29, 1.82) is 0 Å². The first-order chi connectivity index (χ1) is 3.84. The molecule has 41 valence electrons. The summed E-state index contributed by atoms with van der Waals surface area (Å²) in [6.45, 7) is 0.832. The van der Waals surface area contributed by atoms with E-state index in [0.717, 1.165) is 18.5 Å². The van der Waals surface area contributed by atoms with Crippen molar-refractivity contribution in [3.63, 3.8) is 0 Å². The summed E-state index contributed by atoms with van der Waals surface area (Å²) >= 11 is 1.31. The van der Waals surface area contributed by atoms with Gasteiger partial charge in [-0.2, -0.15) is 0 Å². The normalized spacial score (nSPS) is 24.1. The molecular weight excluding hydrogens is 209 g/mol. The molecule has 3 radical (unpaired) electrons. The summed E-state index contributed by atoms with van der Waals surface area (Å²) in [4.78, 5) is 10.6. The fraction of sp³-hybridized carbons (Fsp3) is 0.400. The number of rotatable bonds is 0. The topological polar surface area (TPSA) is 29.1 Å². The molecule has 1 fully saturated rings. The Hall–Kier alpha value is 0.00870. The Labute approximate surface area is 61.4 Å². The number of nitrogens with one attached hydrogen (secondary N) is 1. The SMILES string of the molecule is O=C1NCCC1=[CH][Sn]. The van der Waals surface area contributed by atoms with Gasteiger partial charge in [0.1, 0.15) is 0 Å². The van der Waals surface area contributed by atoms with Crippen LogP contribution in [0.2, 0.25) is 0 Å². The maximum absolute atomic E-state index is 10.6. The van der Waals surface area contributed by atoms with Gasteiger partial charge in [-0.3, -0.25) is 0 Å². The Morgan fingerprint density at radius 1 is 1.75 bits per heavy atom. The summed E-state index contributed by atoms with van der Waals surface area (Å²) in [5, 5.41) is 2.73. The van der Waals surface area contributed by atoms with E-state index in [1.807, 2.05) is 4.09 Å². The van der Waals surface area contributed by atoms with Gasteiger partial charge in [0.25, 0.3) is 0 Å². The zero-order valence-corrected chi connectivity index (χ0v) is 7.25. The Kier molecular flexibility index (Phi) is 1.94. The van der Waals surface area contributed by atoms with Crippen molar-refractivity contribution < 1.29 is 4.79 Å². The van der Waals surface area contributed by atoms with Crippen LogP contribution in [0, 0.1) is 0 Å². The van der Waals surface area contributed by atoms with Crippen molar-refractivity contribution in [3.05, 3.63) is 9.67 Å². The van der Waals surface area contributed by atoms with Crippen molar-refractivity contribution in [3.8, 4) is 0 Å². The second-order valence-corrected chi connectivity index (χ2v) is 2.50. The van der Waals surface area contributed by atoms with Gasteiger partial charge in [0.15, 0.2) is 0 Å². The molecule has 0 aromatic carbocycles. The molecule has 1 aliphatic rings. The summed E-state index contributed by atoms with van der Waals surface area (Å²) in [6, 6.07) is 0. The minimum absolute atomic E-state index is 0.127. The summed E-state index contributed by atoms with van der Waals surface area (Å²) in [7, 11) is 0. The zero-order valence-electron chi connectivity index (χ0n) is 4.40. The van der Waals surface area contributed by atoms with Gasteiger partial charge < -0.3 is 0 Å². The average molecular weight is 215 g/mol. The maximum atomic E-state index is 10.6. The van der Waals surface area contributed by atoms with Crippen LogP contribution in [0.5, 0.6) is 0 Å². The monoisotopic (exact) mass is 216 g/mol. The molecule has 1 N–H and O–H groups in total. The van der Waals surface area contributed by atoms with Gasteiger partial charge >= 0.3 is 61.2 Å². The second kappa shape index (κ2) is 2.53. The van der Waals surface area contributed by atoms with Gasteiger partial charge in [-0.25, -0.2) is 0 Å². The Morgan fingerprint density at radius 2 is 2.50 bits per heavy atom. The van der Waals surface area contributed by atoms with Gasteiger partial charge in [-0.1, -0.05) is 0 Å². The third-order valence-corrected chi connectivity index (χ3v) is 2.14. The van der Waals surface area contributed by atoms with Crippen molar-refractivity contribution in [2.24, 2.45) is 0 Å². The molecule has 0 bridgehead atoms. The van der Waals surface area contributed by atoms with E-state index in [1.165, 1.54) is 22.5 Å². The molecule has 1 saturated heterocycles. The van der Waals surface area contributed by atoms with E-state index in [0.29, 0.717) is 0 Å². The molecular formula is C5H6NOSn. The van der Waals surface area contributed by atoms with E-state index in [2.05, 4.69) is 5.32 Å². The van der Waals surface area contributed by atoms with E-state index < -0.39 is 0 Å². The van der Waals surface area contributed by atoms with Gasteiger partial charge in [0.2, 0.25) is 0 Å². The molecule has 8 heavy (non-hydrogen) atoms. The Bertz CT molecular complexity index is 141. The molecule has 0 spiro atoms. The molecule has 0 aromatic heterocycles.